The Balaban J connectivity index is 1.47. The van der Waals surface area contributed by atoms with Gasteiger partial charge in [-0.3, -0.25) is 0 Å². The van der Waals surface area contributed by atoms with Crippen molar-refractivity contribution >= 4 is 35.0 Å². The van der Waals surface area contributed by atoms with Gasteiger partial charge in [0.2, 0.25) is 5.95 Å². The fraction of sp³-hybridized carbons (Fsp3) is 0.172. The number of rotatable bonds is 7. The molecule has 5 rings (SSSR count). The van der Waals surface area contributed by atoms with E-state index in [1.54, 1.807) is 17.1 Å². The van der Waals surface area contributed by atoms with Gasteiger partial charge in [-0.1, -0.05) is 66.2 Å². The summed E-state index contributed by atoms with van der Waals surface area (Å²) >= 11 is 6.11. The highest BCUT2D eigenvalue weighted by atomic mass is 35.5. The van der Waals surface area contributed by atoms with Gasteiger partial charge in [0.25, 0.3) is 0 Å². The molecule has 1 aliphatic rings. The molecule has 7 nitrogen and oxygen atoms in total. The van der Waals surface area contributed by atoms with Crippen molar-refractivity contribution in [2.24, 2.45) is 5.10 Å². The minimum Gasteiger partial charge on any atom is -0.465 e. The fourth-order valence-electron chi connectivity index (χ4n) is 4.36. The maximum Gasteiger partial charge on any atom is 0.416 e. The first-order valence-corrected chi connectivity index (χ1v) is 12.6. The summed E-state index contributed by atoms with van der Waals surface area (Å²) in [6, 6.07) is 22.0. The molecule has 1 aromatic heterocycles. The lowest BCUT2D eigenvalue weighted by molar-refractivity contribution is -0.137. The van der Waals surface area contributed by atoms with Crippen molar-refractivity contribution in [3.05, 3.63) is 118 Å². The number of hydrazone groups is 1. The monoisotopic (exact) mass is 565 g/mol. The number of nitrogens with one attached hydrogen (secondary N) is 1. The van der Waals surface area contributed by atoms with Crippen molar-refractivity contribution < 1.29 is 22.7 Å². The summed E-state index contributed by atoms with van der Waals surface area (Å²) < 4.78 is 43.6. The molecule has 3 aromatic carbocycles. The predicted octanol–water partition coefficient (Wildman–Crippen LogP) is 6.56. The highest BCUT2D eigenvalue weighted by Gasteiger charge is 2.33. The smallest absolute Gasteiger partial charge is 0.416 e. The van der Waals surface area contributed by atoms with Crippen LogP contribution in [-0.2, 0) is 17.5 Å². The average molecular weight is 566 g/mol. The Labute approximate surface area is 233 Å². The average Bonchev–Trinajstić information content (AvgIpc) is 3.41. The van der Waals surface area contributed by atoms with E-state index in [2.05, 4.69) is 15.3 Å². The number of hydrogen-bond donors (Lipinski definition) is 1. The van der Waals surface area contributed by atoms with Crippen LogP contribution in [0.2, 0.25) is 5.02 Å². The van der Waals surface area contributed by atoms with Crippen LogP contribution in [0.15, 0.2) is 90.2 Å². The van der Waals surface area contributed by atoms with E-state index >= 15 is 0 Å². The number of carbonyl (C=O) groups excluding carboxylic acids is 1. The number of alkyl halides is 3. The van der Waals surface area contributed by atoms with Crippen molar-refractivity contribution in [1.29, 1.82) is 0 Å². The molecule has 0 bridgehead atoms. The molecule has 0 aliphatic carbocycles. The quantitative estimate of drug-likeness (QED) is 0.256. The maximum atomic E-state index is 12.9. The SMILES string of the molecule is COC(=O)c1cnc(NCc2ccc(C(F)(F)F)cc2)nc1N1CC(c2ccccc2)C(c2ccc(Cl)cc2)=N1. The highest BCUT2D eigenvalue weighted by Crippen LogP contribution is 2.34. The maximum absolute atomic E-state index is 12.9. The molecule has 0 spiro atoms. The second kappa shape index (κ2) is 11.4. The molecule has 1 atom stereocenters. The number of ether oxygens (including phenoxy) is 1. The number of hydrogen-bond acceptors (Lipinski definition) is 7. The van der Waals surface area contributed by atoms with Crippen LogP contribution in [0.1, 0.15) is 38.5 Å². The van der Waals surface area contributed by atoms with Crippen LogP contribution in [0.3, 0.4) is 0 Å². The Morgan fingerprint density at radius 3 is 2.40 bits per heavy atom. The predicted molar refractivity (Wildman–Crippen MR) is 147 cm³/mol. The largest absolute Gasteiger partial charge is 0.465 e. The third kappa shape index (κ3) is 5.91. The summed E-state index contributed by atoms with van der Waals surface area (Å²) in [5, 5.41) is 10.1. The van der Waals surface area contributed by atoms with E-state index < -0.39 is 17.7 Å². The van der Waals surface area contributed by atoms with Crippen molar-refractivity contribution in [1.82, 2.24) is 9.97 Å². The molecule has 0 saturated carbocycles. The summed E-state index contributed by atoms with van der Waals surface area (Å²) in [6.07, 6.45) is -3.07. The Hall–Kier alpha value is -4.44. The normalized spacial score (nSPS) is 15.1. The van der Waals surface area contributed by atoms with Crippen LogP contribution in [0, 0.1) is 0 Å². The van der Waals surface area contributed by atoms with E-state index in [1.807, 2.05) is 42.5 Å². The Morgan fingerprint density at radius 1 is 1.05 bits per heavy atom. The van der Waals surface area contributed by atoms with Gasteiger partial charge in [0.05, 0.1) is 24.9 Å². The Kier molecular flexibility index (Phi) is 7.70. The number of benzene rings is 3. The number of esters is 1. The molecule has 204 valence electrons. The van der Waals surface area contributed by atoms with E-state index in [1.165, 1.54) is 25.4 Å². The molecule has 1 aliphatic heterocycles. The van der Waals surface area contributed by atoms with Gasteiger partial charge in [0.15, 0.2) is 5.82 Å². The lowest BCUT2D eigenvalue weighted by atomic mass is 9.91. The molecule has 2 heterocycles. The standard InChI is InChI=1S/C29H23ClF3N5O2/c1-40-27(39)23-16-35-28(34-15-18-7-11-21(12-8-18)29(31,32)33)36-26(23)38-17-24(19-5-3-2-4-6-19)25(37-38)20-9-13-22(30)14-10-20/h2-14,16,24H,15,17H2,1H3,(H,34,35,36). The molecule has 0 saturated heterocycles. The summed E-state index contributed by atoms with van der Waals surface area (Å²) in [4.78, 5) is 21.4. The van der Waals surface area contributed by atoms with Gasteiger partial charge >= 0.3 is 12.1 Å². The van der Waals surface area contributed by atoms with E-state index in [9.17, 15) is 18.0 Å². The van der Waals surface area contributed by atoms with E-state index in [4.69, 9.17) is 21.4 Å². The first-order valence-electron chi connectivity index (χ1n) is 12.2. The third-order valence-corrected chi connectivity index (χ3v) is 6.66. The summed E-state index contributed by atoms with van der Waals surface area (Å²) in [6.45, 7) is 0.558. The zero-order valence-electron chi connectivity index (χ0n) is 21.2. The van der Waals surface area contributed by atoms with Crippen LogP contribution in [-0.4, -0.2) is 35.3 Å². The third-order valence-electron chi connectivity index (χ3n) is 6.41. The molecular formula is C29H23ClF3N5O2. The molecule has 0 fully saturated rings. The van der Waals surface area contributed by atoms with Crippen LogP contribution in [0.25, 0.3) is 0 Å². The van der Waals surface area contributed by atoms with Gasteiger partial charge in [-0.25, -0.2) is 14.8 Å². The number of aromatic nitrogens is 2. The summed E-state index contributed by atoms with van der Waals surface area (Å²) in [7, 11) is 1.27. The van der Waals surface area contributed by atoms with Gasteiger partial charge in [-0.05, 0) is 41.0 Å². The number of methoxy groups -OCH3 is 1. The van der Waals surface area contributed by atoms with E-state index in [0.717, 1.165) is 29.0 Å². The molecule has 40 heavy (non-hydrogen) atoms. The van der Waals surface area contributed by atoms with Crippen LogP contribution in [0.4, 0.5) is 24.9 Å². The number of carbonyl (C=O) groups is 1. The van der Waals surface area contributed by atoms with Gasteiger partial charge < -0.3 is 10.1 Å². The number of halogens is 4. The van der Waals surface area contributed by atoms with E-state index in [0.29, 0.717) is 17.1 Å². The molecule has 0 amide bonds. The minimum atomic E-state index is -4.41. The molecule has 4 aromatic rings. The molecule has 1 N–H and O–H groups in total. The molecule has 11 heteroatoms. The molecular weight excluding hydrogens is 543 g/mol. The Bertz CT molecular complexity index is 1530. The lowest BCUT2D eigenvalue weighted by Gasteiger charge is -2.18. The van der Waals surface area contributed by atoms with Crippen molar-refractivity contribution in [3.63, 3.8) is 0 Å². The minimum absolute atomic E-state index is 0.121. The highest BCUT2D eigenvalue weighted by molar-refractivity contribution is 6.30. The topological polar surface area (TPSA) is 79.7 Å². The first-order chi connectivity index (χ1) is 19.2. The van der Waals surface area contributed by atoms with Crippen molar-refractivity contribution in [2.75, 3.05) is 24.0 Å². The second-order valence-corrected chi connectivity index (χ2v) is 9.44. The lowest BCUT2D eigenvalue weighted by Crippen LogP contribution is -2.22. The van der Waals surface area contributed by atoms with Gasteiger partial charge in [-0.2, -0.15) is 23.3 Å². The number of anilines is 2. The van der Waals surface area contributed by atoms with Gasteiger partial charge in [0, 0.05) is 23.7 Å². The first kappa shape index (κ1) is 27.1. The number of nitrogens with zero attached hydrogens (tertiary/aromatic N) is 4. The zero-order valence-corrected chi connectivity index (χ0v) is 21.9. The van der Waals surface area contributed by atoms with E-state index in [-0.39, 0.29) is 29.8 Å². The van der Waals surface area contributed by atoms with Crippen molar-refractivity contribution in [2.45, 2.75) is 18.6 Å². The van der Waals surface area contributed by atoms with Crippen LogP contribution < -0.4 is 10.3 Å². The summed E-state index contributed by atoms with van der Waals surface area (Å²) in [5.74, 6) is -0.349. The molecule has 0 radical (unpaired) electrons. The van der Waals surface area contributed by atoms with Crippen LogP contribution in [0.5, 0.6) is 0 Å². The van der Waals surface area contributed by atoms with Crippen molar-refractivity contribution in [3.8, 4) is 0 Å². The van der Waals surface area contributed by atoms with Gasteiger partial charge in [0.1, 0.15) is 5.56 Å². The second-order valence-electron chi connectivity index (χ2n) is 9.01. The fourth-order valence-corrected chi connectivity index (χ4v) is 4.49. The summed E-state index contributed by atoms with van der Waals surface area (Å²) in [5.41, 5.74) is 2.67. The van der Waals surface area contributed by atoms with Gasteiger partial charge in [-0.15, -0.1) is 0 Å². The van der Waals surface area contributed by atoms with Crippen LogP contribution >= 0.6 is 11.6 Å². The zero-order chi connectivity index (χ0) is 28.3. The Morgan fingerprint density at radius 2 is 1.75 bits per heavy atom. The molecule has 1 unspecified atom stereocenters.